The maximum absolute atomic E-state index is 10.1. The topological polar surface area (TPSA) is 167 Å². The average molecular weight is 334 g/mol. The molecule has 0 heterocycles. The van der Waals surface area contributed by atoms with Gasteiger partial charge in [0.25, 0.3) is 0 Å². The standard InChI is InChI=1S/2K.H2O10S3/c;;1-11(2,3)9-13(7,8)10-12(4,5)6/h;;(H,1,2,3)(H,4,5,6)/q2*+1;/p-2. The Labute approximate surface area is 171 Å². The molecule has 0 radical (unpaired) electrons. The molecule has 80 valence electrons. The van der Waals surface area contributed by atoms with Crippen molar-refractivity contribution in [3.8, 4) is 0 Å². The van der Waals surface area contributed by atoms with Gasteiger partial charge >= 0.3 is 113 Å². The largest absolute Gasteiger partial charge is 1.00 e. The van der Waals surface area contributed by atoms with Gasteiger partial charge in [-0.25, -0.2) is 16.8 Å². The quantitative estimate of drug-likeness (QED) is 0.273. The fourth-order valence-electron chi connectivity index (χ4n) is 0.215. The molecule has 15 heteroatoms. The Balaban J connectivity index is -0.000000720. The van der Waals surface area contributed by atoms with Gasteiger partial charge in [-0.2, -0.15) is 8.42 Å². The minimum Gasteiger partial charge on any atom is -0.725 e. The summed E-state index contributed by atoms with van der Waals surface area (Å²) in [5, 5.41) is 0. The second-order valence-electron chi connectivity index (χ2n) is 1.36. The van der Waals surface area contributed by atoms with Crippen LogP contribution in [0.25, 0.3) is 0 Å². The molecule has 0 aliphatic rings. The Morgan fingerprint density at radius 1 is 0.667 bits per heavy atom. The van der Waals surface area contributed by atoms with Crippen molar-refractivity contribution in [1.29, 1.82) is 0 Å². The first-order valence-electron chi connectivity index (χ1n) is 2.00. The third kappa shape index (κ3) is 17.0. The van der Waals surface area contributed by atoms with Crippen molar-refractivity contribution in [3.05, 3.63) is 0 Å². The fraction of sp³-hybridized carbons (Fsp3) is 0. The molecule has 10 nitrogen and oxygen atoms in total. The molecule has 15 heavy (non-hydrogen) atoms. The molecule has 0 rings (SSSR count). The SMILES string of the molecule is O=S(=O)([O-])OS(=O)(=O)OS(=O)(=O)[O-].[K+].[K+]. The number of hydrogen-bond acceptors (Lipinski definition) is 10. The van der Waals surface area contributed by atoms with E-state index in [1.54, 1.807) is 0 Å². The Morgan fingerprint density at radius 2 is 0.867 bits per heavy atom. The van der Waals surface area contributed by atoms with Gasteiger partial charge in [0.2, 0.25) is 20.8 Å². The Hall–Kier alpha value is 2.96. The van der Waals surface area contributed by atoms with E-state index in [1.807, 2.05) is 0 Å². The van der Waals surface area contributed by atoms with Gasteiger partial charge in [-0.05, 0) is 0 Å². The van der Waals surface area contributed by atoms with E-state index >= 15 is 0 Å². The van der Waals surface area contributed by atoms with Gasteiger partial charge < -0.3 is 9.11 Å². The van der Waals surface area contributed by atoms with Gasteiger partial charge in [-0.15, -0.1) is 7.26 Å². The predicted octanol–water partition coefficient (Wildman–Crippen LogP) is -8.81. The second kappa shape index (κ2) is 8.20. The van der Waals surface area contributed by atoms with Gasteiger partial charge in [-0.1, -0.05) is 0 Å². The third-order valence-corrected chi connectivity index (χ3v) is 3.00. The molecule has 0 aromatic heterocycles. The van der Waals surface area contributed by atoms with Crippen molar-refractivity contribution in [2.24, 2.45) is 0 Å². The Morgan fingerprint density at radius 3 is 1.00 bits per heavy atom. The van der Waals surface area contributed by atoms with Crippen LogP contribution in [0, 0.1) is 0 Å². The molecule has 0 unspecified atom stereocenters. The molecule has 0 aliphatic carbocycles. The minimum absolute atomic E-state index is 0. The molecule has 0 aliphatic heterocycles. The smallest absolute Gasteiger partial charge is 0.725 e. The molecular formula is K2O10S3. The summed E-state index contributed by atoms with van der Waals surface area (Å²) >= 11 is 0. The molecule has 0 aromatic carbocycles. The molecule has 0 fully saturated rings. The molecule has 0 saturated carbocycles. The van der Waals surface area contributed by atoms with Gasteiger partial charge in [0, 0.05) is 0 Å². The summed E-state index contributed by atoms with van der Waals surface area (Å²) in [6.45, 7) is 0. The zero-order valence-electron chi connectivity index (χ0n) is 7.31. The summed E-state index contributed by atoms with van der Waals surface area (Å²) in [6.07, 6.45) is 0. The van der Waals surface area contributed by atoms with Gasteiger partial charge in [0.15, 0.2) is 0 Å². The van der Waals surface area contributed by atoms with Crippen molar-refractivity contribution in [2.75, 3.05) is 0 Å². The van der Waals surface area contributed by atoms with Crippen molar-refractivity contribution < 1.29 is 144 Å². The van der Waals surface area contributed by atoms with Crippen LogP contribution in [0.5, 0.6) is 0 Å². The molecule has 0 aromatic rings. The predicted molar refractivity (Wildman–Crippen MR) is 30.5 cm³/mol. The van der Waals surface area contributed by atoms with Gasteiger partial charge in [0.1, 0.15) is 0 Å². The van der Waals surface area contributed by atoms with Crippen molar-refractivity contribution >= 4 is 31.2 Å². The van der Waals surface area contributed by atoms with Crippen LogP contribution in [0.3, 0.4) is 0 Å². The average Bonchev–Trinajstić information content (AvgIpc) is 1.43. The fourth-order valence-corrected chi connectivity index (χ4v) is 2.14. The van der Waals surface area contributed by atoms with E-state index in [0.717, 1.165) is 0 Å². The normalized spacial score (nSPS) is 12.4. The summed E-state index contributed by atoms with van der Waals surface area (Å²) < 4.78 is 82.9. The van der Waals surface area contributed by atoms with Gasteiger partial charge in [0.05, 0.1) is 0 Å². The van der Waals surface area contributed by atoms with E-state index in [-0.39, 0.29) is 103 Å². The third-order valence-electron chi connectivity index (χ3n) is 0.333. The molecule has 0 amide bonds. The maximum Gasteiger partial charge on any atom is 1.00 e. The van der Waals surface area contributed by atoms with Crippen LogP contribution < -0.4 is 103 Å². The summed E-state index contributed by atoms with van der Waals surface area (Å²) in [5.41, 5.74) is 0. The summed E-state index contributed by atoms with van der Waals surface area (Å²) in [7, 11) is -17.1. The molecule has 0 atom stereocenters. The first-order chi connectivity index (χ1) is 5.41. The summed E-state index contributed by atoms with van der Waals surface area (Å²) in [4.78, 5) is 0. The molecule has 0 bridgehead atoms. The molecule has 0 saturated heterocycles. The van der Waals surface area contributed by atoms with Gasteiger partial charge in [-0.3, -0.25) is 0 Å². The van der Waals surface area contributed by atoms with Crippen molar-refractivity contribution in [2.45, 2.75) is 0 Å². The van der Waals surface area contributed by atoms with Crippen LogP contribution in [0.1, 0.15) is 0 Å². The first kappa shape index (κ1) is 23.1. The molecular weight excluding hydrogens is 334 g/mol. The van der Waals surface area contributed by atoms with Crippen LogP contribution in [0.4, 0.5) is 0 Å². The van der Waals surface area contributed by atoms with Crippen molar-refractivity contribution in [3.63, 3.8) is 0 Å². The monoisotopic (exact) mass is 334 g/mol. The second-order valence-corrected chi connectivity index (χ2v) is 4.90. The first-order valence-corrected chi connectivity index (χ1v) is 6.00. The van der Waals surface area contributed by atoms with Crippen LogP contribution in [0.2, 0.25) is 0 Å². The summed E-state index contributed by atoms with van der Waals surface area (Å²) in [6, 6.07) is 0. The Bertz CT molecular complexity index is 423. The molecule has 0 N–H and O–H groups in total. The zero-order valence-corrected chi connectivity index (χ0v) is 16.0. The van der Waals surface area contributed by atoms with Crippen LogP contribution >= 0.6 is 0 Å². The minimum atomic E-state index is -5.72. The van der Waals surface area contributed by atoms with E-state index in [1.165, 1.54) is 0 Å². The van der Waals surface area contributed by atoms with E-state index in [9.17, 15) is 34.4 Å². The van der Waals surface area contributed by atoms with E-state index in [4.69, 9.17) is 0 Å². The van der Waals surface area contributed by atoms with Crippen LogP contribution in [-0.4, -0.2) is 34.4 Å². The summed E-state index contributed by atoms with van der Waals surface area (Å²) in [5.74, 6) is 0. The van der Waals surface area contributed by atoms with Crippen LogP contribution in [-0.2, 0) is 38.5 Å². The van der Waals surface area contributed by atoms with E-state index in [2.05, 4.69) is 7.26 Å². The zero-order chi connectivity index (χ0) is 10.9. The van der Waals surface area contributed by atoms with Crippen LogP contribution in [0.15, 0.2) is 0 Å². The Kier molecular flexibility index (Phi) is 12.6. The van der Waals surface area contributed by atoms with E-state index < -0.39 is 31.2 Å². The molecule has 0 spiro atoms. The maximum atomic E-state index is 10.1. The van der Waals surface area contributed by atoms with Crippen molar-refractivity contribution in [1.82, 2.24) is 0 Å². The number of rotatable bonds is 4. The number of hydrogen-bond donors (Lipinski definition) is 0. The van der Waals surface area contributed by atoms with E-state index in [0.29, 0.717) is 0 Å².